The van der Waals surface area contributed by atoms with E-state index in [1.807, 2.05) is 5.16 Å². The topological polar surface area (TPSA) is 91.0 Å². The van der Waals surface area contributed by atoms with Crippen molar-refractivity contribution >= 4 is 41.9 Å². The Morgan fingerprint density at radius 1 is 1.48 bits per heavy atom. The summed E-state index contributed by atoms with van der Waals surface area (Å²) in [6.45, 7) is 10.9. The van der Waals surface area contributed by atoms with Crippen LogP contribution in [0.2, 0.25) is 0 Å². The van der Waals surface area contributed by atoms with Crippen LogP contribution in [0.3, 0.4) is 0 Å². The highest BCUT2D eigenvalue weighted by Crippen LogP contribution is 2.20. The summed E-state index contributed by atoms with van der Waals surface area (Å²) in [5.74, 6) is -0.338. The molecular formula is C15H24N2O4S2. The molecule has 130 valence electrons. The molecule has 0 spiro atoms. The van der Waals surface area contributed by atoms with Gasteiger partial charge in [0, 0.05) is 17.9 Å². The summed E-state index contributed by atoms with van der Waals surface area (Å²) in [5, 5.41) is 2.00. The smallest absolute Gasteiger partial charge is 0.333 e. The molecule has 23 heavy (non-hydrogen) atoms. The van der Waals surface area contributed by atoms with Crippen molar-refractivity contribution < 1.29 is 19.1 Å². The molecule has 0 aliphatic heterocycles. The normalized spacial score (nSPS) is 11.8. The molecule has 0 aromatic rings. The molecule has 1 unspecified atom stereocenters. The minimum atomic E-state index is -1.11. The van der Waals surface area contributed by atoms with Crippen molar-refractivity contribution in [1.29, 1.82) is 0 Å². The number of rotatable bonds is 9. The van der Waals surface area contributed by atoms with Crippen molar-refractivity contribution in [3.05, 3.63) is 24.8 Å². The Hall–Kier alpha value is -1.31. The zero-order valence-electron chi connectivity index (χ0n) is 13.5. The van der Waals surface area contributed by atoms with Crippen molar-refractivity contribution in [3.8, 4) is 0 Å². The van der Waals surface area contributed by atoms with Gasteiger partial charge in [-0.25, -0.2) is 4.79 Å². The number of esters is 1. The maximum atomic E-state index is 11.8. The molecular weight excluding hydrogens is 336 g/mol. The quantitative estimate of drug-likeness (QED) is 0.124. The lowest BCUT2D eigenvalue weighted by Crippen LogP contribution is -2.37. The van der Waals surface area contributed by atoms with Crippen molar-refractivity contribution in [1.82, 2.24) is 0 Å². The molecule has 0 saturated carbocycles. The van der Waals surface area contributed by atoms with Crippen LogP contribution in [0.4, 0.5) is 0 Å². The van der Waals surface area contributed by atoms with Gasteiger partial charge in [-0.1, -0.05) is 12.7 Å². The van der Waals surface area contributed by atoms with Gasteiger partial charge in [-0.2, -0.15) is 17.6 Å². The van der Waals surface area contributed by atoms with Crippen LogP contribution in [0.1, 0.15) is 13.8 Å². The number of thiol groups is 1. The van der Waals surface area contributed by atoms with Crippen LogP contribution in [0, 0.1) is 5.41 Å². The fraction of sp³-hybridized carbons (Fsp3) is 0.533. The minimum absolute atomic E-state index is 0.0296. The predicted molar refractivity (Wildman–Crippen MR) is 97.8 cm³/mol. The number of hydrogen-bond acceptors (Lipinski definition) is 7. The highest BCUT2D eigenvalue weighted by Gasteiger charge is 2.35. The number of nitrogens with zero attached hydrogens (tertiary/aromatic N) is 1. The van der Waals surface area contributed by atoms with Crippen LogP contribution in [0.25, 0.3) is 0 Å². The highest BCUT2D eigenvalue weighted by molar-refractivity contribution is 7.80. The second-order valence-electron chi connectivity index (χ2n) is 4.74. The van der Waals surface area contributed by atoms with Gasteiger partial charge in [0.05, 0.1) is 18.4 Å². The number of amides is 1. The van der Waals surface area contributed by atoms with Crippen molar-refractivity contribution in [2.24, 2.45) is 16.1 Å². The molecule has 2 N–H and O–H groups in total. The van der Waals surface area contributed by atoms with Gasteiger partial charge in [0.15, 0.2) is 0 Å². The Balaban J connectivity index is 0. The zero-order chi connectivity index (χ0) is 18.3. The third-order valence-corrected chi connectivity index (χ3v) is 2.67. The highest BCUT2D eigenvalue weighted by atomic mass is 32.1. The Labute approximate surface area is 148 Å². The maximum Gasteiger partial charge on any atom is 0.333 e. The van der Waals surface area contributed by atoms with E-state index in [1.165, 1.54) is 6.92 Å². The van der Waals surface area contributed by atoms with E-state index in [4.69, 9.17) is 15.2 Å². The molecule has 0 aliphatic rings. The largest absolute Gasteiger partial charge is 0.461 e. The number of carbonyl (C=O) groups is 2. The monoisotopic (exact) mass is 360 g/mol. The summed E-state index contributed by atoms with van der Waals surface area (Å²) < 4.78 is 10.2. The van der Waals surface area contributed by atoms with Gasteiger partial charge < -0.3 is 15.2 Å². The molecule has 1 amide bonds. The van der Waals surface area contributed by atoms with Crippen LogP contribution < -0.4 is 5.73 Å². The number of carbonyl (C=O) groups excluding carboxylic acids is 2. The predicted octanol–water partition coefficient (Wildman–Crippen LogP) is 1.82. The third-order valence-electron chi connectivity index (χ3n) is 2.32. The molecule has 0 aromatic carbocycles. The standard InChI is InChI=1S/C13H17NO4S.C2H7NS/c1-5-6-17-7-13(4,12(16)14-9-19)8-18-11(15)10(2)3;3-1-2-4/h5H,1-2,6-8H2,3-4H3;4H,1-3H2. The number of hydrogen-bond donors (Lipinski definition) is 2. The molecule has 0 saturated heterocycles. The number of ether oxygens (including phenoxy) is 2. The Morgan fingerprint density at radius 3 is 2.43 bits per heavy atom. The van der Waals surface area contributed by atoms with E-state index in [9.17, 15) is 9.59 Å². The molecule has 0 rings (SSSR count). The number of aliphatic imine (C=N–C) groups is 1. The first-order valence-corrected chi connectivity index (χ1v) is 7.77. The van der Waals surface area contributed by atoms with E-state index in [1.54, 1.807) is 13.0 Å². The lowest BCUT2D eigenvalue weighted by atomic mass is 9.92. The molecule has 0 fully saturated rings. The van der Waals surface area contributed by atoms with E-state index in [0.717, 1.165) is 5.75 Å². The van der Waals surface area contributed by atoms with Crippen molar-refractivity contribution in [2.45, 2.75) is 13.8 Å². The summed E-state index contributed by atoms with van der Waals surface area (Å²) in [4.78, 5) is 26.6. The Morgan fingerprint density at radius 2 is 2.04 bits per heavy atom. The van der Waals surface area contributed by atoms with Gasteiger partial charge in [0.2, 0.25) is 0 Å². The third kappa shape index (κ3) is 11.9. The lowest BCUT2D eigenvalue weighted by Gasteiger charge is -2.24. The van der Waals surface area contributed by atoms with Gasteiger partial charge in [-0.15, -0.1) is 6.58 Å². The number of thiocarbonyl (C=S) groups is 1. The van der Waals surface area contributed by atoms with Gasteiger partial charge >= 0.3 is 5.97 Å². The number of nitrogens with two attached hydrogens (primary N) is 1. The summed E-state index contributed by atoms with van der Waals surface area (Å²) in [6.07, 6.45) is 1.55. The molecule has 6 nitrogen and oxygen atoms in total. The summed E-state index contributed by atoms with van der Waals surface area (Å²) in [5.41, 5.74) is 4.09. The lowest BCUT2D eigenvalue weighted by molar-refractivity contribution is -0.148. The van der Waals surface area contributed by atoms with Gasteiger partial charge in [0.25, 0.3) is 5.91 Å². The first kappa shape index (κ1) is 23.9. The zero-order valence-corrected chi connectivity index (χ0v) is 15.3. The molecule has 0 radical (unpaired) electrons. The average molecular weight is 361 g/mol. The van der Waals surface area contributed by atoms with E-state index < -0.39 is 17.3 Å². The van der Waals surface area contributed by atoms with Gasteiger partial charge in [-0.3, -0.25) is 4.79 Å². The average Bonchev–Trinajstić information content (AvgIpc) is 2.53. The molecule has 0 aliphatic carbocycles. The first-order valence-electron chi connectivity index (χ1n) is 6.73. The van der Waals surface area contributed by atoms with Gasteiger partial charge in [0.1, 0.15) is 12.0 Å². The second-order valence-corrected chi connectivity index (χ2v) is 5.37. The van der Waals surface area contributed by atoms with Crippen LogP contribution in [0.15, 0.2) is 29.8 Å². The number of isothiocyanates is 1. The molecule has 1 atom stereocenters. The van der Waals surface area contributed by atoms with E-state index in [0.29, 0.717) is 6.54 Å². The van der Waals surface area contributed by atoms with Crippen molar-refractivity contribution in [3.63, 3.8) is 0 Å². The van der Waals surface area contributed by atoms with Crippen LogP contribution in [-0.2, 0) is 19.1 Å². The SMILES string of the molecule is C=CCOCC(C)(COC(=O)C(=C)C)C(=O)N=C=S.NCCS. The molecule has 0 bridgehead atoms. The van der Waals surface area contributed by atoms with Gasteiger partial charge in [-0.05, 0) is 26.1 Å². The fourth-order valence-electron chi connectivity index (χ4n) is 1.06. The summed E-state index contributed by atoms with van der Waals surface area (Å²) >= 11 is 8.19. The van der Waals surface area contributed by atoms with Crippen molar-refractivity contribution in [2.75, 3.05) is 32.1 Å². The second kappa shape index (κ2) is 14.3. The minimum Gasteiger partial charge on any atom is -0.461 e. The Bertz CT molecular complexity index is 460. The Kier molecular flexibility index (Phi) is 14.9. The summed E-state index contributed by atoms with van der Waals surface area (Å²) in [7, 11) is 0. The van der Waals surface area contributed by atoms with E-state index in [-0.39, 0.29) is 25.4 Å². The summed E-state index contributed by atoms with van der Waals surface area (Å²) in [6, 6.07) is 0. The van der Waals surface area contributed by atoms with E-state index >= 15 is 0 Å². The fourth-order valence-corrected chi connectivity index (χ4v) is 1.14. The van der Waals surface area contributed by atoms with E-state index in [2.05, 4.69) is 43.0 Å². The van der Waals surface area contributed by atoms with Crippen LogP contribution >= 0.6 is 24.8 Å². The molecule has 0 heterocycles. The maximum absolute atomic E-state index is 11.8. The molecule has 8 heteroatoms. The van der Waals surface area contributed by atoms with Crippen LogP contribution in [-0.4, -0.2) is 49.2 Å². The first-order chi connectivity index (χ1) is 10.8. The molecule has 0 aromatic heterocycles. The van der Waals surface area contributed by atoms with Crippen LogP contribution in [0.5, 0.6) is 0 Å².